The largest absolute Gasteiger partial charge is 0.465 e. The number of nitrogens with zero attached hydrogens (tertiary/aromatic N) is 3. The van der Waals surface area contributed by atoms with E-state index in [2.05, 4.69) is 4.99 Å². The standard InChI is InChI=1S/C23H27N3O7S3/c1-6-33-21(27)14-26-19-12-11-18(35(5,29)30)13-20(19)34-23(26)24-22(28)16-7-9-17(10-8-16)36(31,32)25(4)15(2)3/h7-13,15H,6,14H2,1-5H3. The molecule has 0 fully saturated rings. The van der Waals surface area contributed by atoms with Gasteiger partial charge in [0.05, 0.1) is 26.6 Å². The van der Waals surface area contributed by atoms with Crippen molar-refractivity contribution in [2.45, 2.75) is 43.1 Å². The lowest BCUT2D eigenvalue weighted by molar-refractivity contribution is -0.143. The number of esters is 1. The number of sulfonamides is 1. The second-order valence-electron chi connectivity index (χ2n) is 8.23. The molecule has 0 aliphatic heterocycles. The normalized spacial score (nSPS) is 13.0. The van der Waals surface area contributed by atoms with Crippen LogP contribution in [0.1, 0.15) is 31.1 Å². The molecule has 1 amide bonds. The second kappa shape index (κ2) is 10.6. The zero-order chi connectivity index (χ0) is 26.8. The van der Waals surface area contributed by atoms with E-state index in [0.29, 0.717) is 10.2 Å². The van der Waals surface area contributed by atoms with Crippen molar-refractivity contribution >= 4 is 53.3 Å². The van der Waals surface area contributed by atoms with Crippen LogP contribution in [0.25, 0.3) is 10.2 Å². The number of ether oxygens (including phenoxy) is 1. The van der Waals surface area contributed by atoms with Crippen molar-refractivity contribution in [2.75, 3.05) is 19.9 Å². The number of rotatable bonds is 8. The molecule has 0 radical (unpaired) electrons. The lowest BCUT2D eigenvalue weighted by Crippen LogP contribution is -2.33. The minimum Gasteiger partial charge on any atom is -0.465 e. The molecule has 2 aromatic carbocycles. The van der Waals surface area contributed by atoms with Crippen LogP contribution >= 0.6 is 11.3 Å². The molecule has 0 aliphatic rings. The third-order valence-corrected chi connectivity index (χ3v) is 9.58. The van der Waals surface area contributed by atoms with Crippen LogP contribution in [-0.2, 0) is 35.9 Å². The van der Waals surface area contributed by atoms with E-state index in [4.69, 9.17) is 4.74 Å². The number of hydrogen-bond acceptors (Lipinski definition) is 8. The molecule has 0 spiro atoms. The highest BCUT2D eigenvalue weighted by Gasteiger charge is 2.23. The van der Waals surface area contributed by atoms with Crippen molar-refractivity contribution in [2.24, 2.45) is 4.99 Å². The number of hydrogen-bond donors (Lipinski definition) is 0. The predicted octanol–water partition coefficient (Wildman–Crippen LogP) is 2.44. The van der Waals surface area contributed by atoms with Gasteiger partial charge in [-0.1, -0.05) is 11.3 Å². The molecule has 10 nitrogen and oxygen atoms in total. The van der Waals surface area contributed by atoms with E-state index in [1.165, 1.54) is 52.3 Å². The van der Waals surface area contributed by atoms with E-state index in [-0.39, 0.29) is 39.3 Å². The van der Waals surface area contributed by atoms with E-state index in [0.717, 1.165) is 17.6 Å². The topological polar surface area (TPSA) is 132 Å². The van der Waals surface area contributed by atoms with Crippen molar-refractivity contribution in [3.05, 3.63) is 52.8 Å². The SMILES string of the molecule is CCOC(=O)Cn1c(=NC(=O)c2ccc(S(=O)(=O)N(C)C(C)C)cc2)sc2cc(S(C)(=O)=O)ccc21. The van der Waals surface area contributed by atoms with Crippen LogP contribution in [-0.4, -0.2) is 63.5 Å². The third kappa shape index (κ3) is 5.91. The fourth-order valence-electron chi connectivity index (χ4n) is 3.22. The molecular formula is C23H27N3O7S3. The number of carbonyl (C=O) groups is 2. The van der Waals surface area contributed by atoms with Crippen molar-refractivity contribution < 1.29 is 31.2 Å². The first-order chi connectivity index (χ1) is 16.8. The first-order valence-corrected chi connectivity index (χ1v) is 15.1. The predicted molar refractivity (Wildman–Crippen MR) is 136 cm³/mol. The Morgan fingerprint density at radius 2 is 1.67 bits per heavy atom. The molecular weight excluding hydrogens is 526 g/mol. The van der Waals surface area contributed by atoms with Crippen molar-refractivity contribution in [3.63, 3.8) is 0 Å². The lowest BCUT2D eigenvalue weighted by Gasteiger charge is -2.20. The lowest BCUT2D eigenvalue weighted by atomic mass is 10.2. The van der Waals surface area contributed by atoms with Gasteiger partial charge in [-0.3, -0.25) is 9.59 Å². The van der Waals surface area contributed by atoms with Gasteiger partial charge in [0.25, 0.3) is 5.91 Å². The number of carbonyl (C=O) groups excluding carboxylic acids is 2. The monoisotopic (exact) mass is 553 g/mol. The van der Waals surface area contributed by atoms with Gasteiger partial charge in [0, 0.05) is 24.9 Å². The maximum absolute atomic E-state index is 12.9. The number of benzene rings is 2. The third-order valence-electron chi connectivity index (χ3n) is 5.38. The summed E-state index contributed by atoms with van der Waals surface area (Å²) in [4.78, 5) is 29.6. The summed E-state index contributed by atoms with van der Waals surface area (Å²) in [6.45, 7) is 5.13. The zero-order valence-electron chi connectivity index (χ0n) is 20.5. The van der Waals surface area contributed by atoms with E-state index in [1.54, 1.807) is 26.8 Å². The highest BCUT2D eigenvalue weighted by Crippen LogP contribution is 2.22. The van der Waals surface area contributed by atoms with E-state index >= 15 is 0 Å². The summed E-state index contributed by atoms with van der Waals surface area (Å²) in [5.41, 5.74) is 0.670. The van der Waals surface area contributed by atoms with Crippen LogP contribution in [0.2, 0.25) is 0 Å². The Kier molecular flexibility index (Phi) is 8.18. The highest BCUT2D eigenvalue weighted by molar-refractivity contribution is 7.90. The molecule has 0 N–H and O–H groups in total. The maximum Gasteiger partial charge on any atom is 0.326 e. The Morgan fingerprint density at radius 1 is 1.06 bits per heavy atom. The molecule has 3 aromatic rings. The zero-order valence-corrected chi connectivity index (χ0v) is 22.9. The average Bonchev–Trinajstić information content (AvgIpc) is 3.14. The van der Waals surface area contributed by atoms with Gasteiger partial charge in [0.2, 0.25) is 10.0 Å². The molecule has 0 saturated carbocycles. The van der Waals surface area contributed by atoms with Crippen LogP contribution in [0.4, 0.5) is 0 Å². The maximum atomic E-state index is 12.9. The average molecular weight is 554 g/mol. The summed E-state index contributed by atoms with van der Waals surface area (Å²) >= 11 is 1.05. The van der Waals surface area contributed by atoms with Gasteiger partial charge in [0.15, 0.2) is 14.6 Å². The number of thiazole rings is 1. The van der Waals surface area contributed by atoms with Gasteiger partial charge >= 0.3 is 5.97 Å². The molecule has 194 valence electrons. The number of aromatic nitrogens is 1. The number of sulfone groups is 1. The Balaban J connectivity index is 2.06. The Hall–Kier alpha value is -2.87. The molecule has 0 aliphatic carbocycles. The Labute approximate surface area is 213 Å². The minimum atomic E-state index is -3.71. The van der Waals surface area contributed by atoms with Crippen LogP contribution in [0, 0.1) is 0 Å². The van der Waals surface area contributed by atoms with Gasteiger partial charge in [-0.25, -0.2) is 16.8 Å². The molecule has 1 heterocycles. The highest BCUT2D eigenvalue weighted by atomic mass is 32.2. The molecule has 13 heteroatoms. The molecule has 36 heavy (non-hydrogen) atoms. The minimum absolute atomic E-state index is 0.0443. The summed E-state index contributed by atoms with van der Waals surface area (Å²) < 4.78 is 57.6. The van der Waals surface area contributed by atoms with E-state index < -0.39 is 31.7 Å². The van der Waals surface area contributed by atoms with Gasteiger partial charge in [0.1, 0.15) is 6.54 Å². The molecule has 0 atom stereocenters. The van der Waals surface area contributed by atoms with Crippen LogP contribution < -0.4 is 4.80 Å². The summed E-state index contributed by atoms with van der Waals surface area (Å²) in [6, 6.07) is 9.62. The van der Waals surface area contributed by atoms with Gasteiger partial charge in [-0.15, -0.1) is 0 Å². The van der Waals surface area contributed by atoms with Crippen LogP contribution in [0.15, 0.2) is 57.2 Å². The molecule has 0 saturated heterocycles. The number of fused-ring (bicyclic) bond motifs is 1. The van der Waals surface area contributed by atoms with E-state index in [9.17, 15) is 26.4 Å². The molecule has 0 unspecified atom stereocenters. The summed E-state index contributed by atoms with van der Waals surface area (Å²) in [7, 11) is -5.70. The summed E-state index contributed by atoms with van der Waals surface area (Å²) in [5, 5.41) is 0. The van der Waals surface area contributed by atoms with E-state index in [1.807, 2.05) is 0 Å². The fraction of sp³-hybridized carbons (Fsp3) is 0.348. The van der Waals surface area contributed by atoms with Crippen molar-refractivity contribution in [3.8, 4) is 0 Å². The van der Waals surface area contributed by atoms with Gasteiger partial charge < -0.3 is 9.30 Å². The van der Waals surface area contributed by atoms with Gasteiger partial charge in [-0.2, -0.15) is 9.30 Å². The summed E-state index contributed by atoms with van der Waals surface area (Å²) in [5.74, 6) is -1.19. The fourth-order valence-corrected chi connectivity index (χ4v) is 6.38. The quantitative estimate of drug-likeness (QED) is 0.391. The van der Waals surface area contributed by atoms with Crippen molar-refractivity contribution in [1.82, 2.24) is 8.87 Å². The van der Waals surface area contributed by atoms with Crippen molar-refractivity contribution in [1.29, 1.82) is 0 Å². The molecule has 1 aromatic heterocycles. The smallest absolute Gasteiger partial charge is 0.326 e. The molecule has 3 rings (SSSR count). The summed E-state index contributed by atoms with van der Waals surface area (Å²) in [6.07, 6.45) is 1.09. The van der Waals surface area contributed by atoms with Gasteiger partial charge in [-0.05, 0) is 63.2 Å². The van der Waals surface area contributed by atoms with Crippen LogP contribution in [0.5, 0.6) is 0 Å². The molecule has 0 bridgehead atoms. The first-order valence-electron chi connectivity index (χ1n) is 10.9. The Morgan fingerprint density at radius 3 is 2.22 bits per heavy atom. The number of amides is 1. The van der Waals surface area contributed by atoms with Crippen LogP contribution in [0.3, 0.4) is 0 Å². The Bertz CT molecular complexity index is 1580. The first kappa shape index (κ1) is 27.7. The second-order valence-corrected chi connectivity index (χ2v) is 13.3.